The van der Waals surface area contributed by atoms with Gasteiger partial charge in [0.05, 0.1) is 12.6 Å². The van der Waals surface area contributed by atoms with Crippen LogP contribution in [0, 0.1) is 0 Å². The van der Waals surface area contributed by atoms with E-state index in [0.29, 0.717) is 24.2 Å². The molecule has 2 fully saturated rings. The smallest absolute Gasteiger partial charge is 0.230 e. The summed E-state index contributed by atoms with van der Waals surface area (Å²) in [7, 11) is 0. The van der Waals surface area contributed by atoms with Gasteiger partial charge in [0, 0.05) is 11.8 Å². The third-order valence-electron chi connectivity index (χ3n) is 4.86. The number of likely N-dealkylation sites (tertiary alicyclic amines) is 1. The summed E-state index contributed by atoms with van der Waals surface area (Å²) in [6.07, 6.45) is 6.99. The van der Waals surface area contributed by atoms with Crippen molar-refractivity contribution in [2.45, 2.75) is 76.8 Å². The molecule has 1 aliphatic heterocycles. The van der Waals surface area contributed by atoms with Gasteiger partial charge in [-0.1, -0.05) is 31.8 Å². The Morgan fingerprint density at radius 2 is 2.00 bits per heavy atom. The first-order valence-electron chi connectivity index (χ1n) is 9.10. The standard InChI is InChI=1S/C17H25N5O2/c1-11(2)16-18-15(21-24-16)13-6-4-3-5-9-22(13)10-14-19-20-17(23-14)12-7-8-12/h11-13H,3-10H2,1-2H3/t13-/m0/s1. The molecule has 1 atom stereocenters. The molecule has 2 aromatic rings. The summed E-state index contributed by atoms with van der Waals surface area (Å²) in [5.74, 6) is 3.76. The Hall–Kier alpha value is -1.76. The predicted octanol–water partition coefficient (Wildman–Crippen LogP) is 3.57. The molecule has 7 heteroatoms. The number of nitrogens with zero attached hydrogens (tertiary/aromatic N) is 5. The van der Waals surface area contributed by atoms with Crippen molar-refractivity contribution in [3.63, 3.8) is 0 Å². The zero-order valence-corrected chi connectivity index (χ0v) is 14.4. The van der Waals surface area contributed by atoms with E-state index in [-0.39, 0.29) is 12.0 Å². The fourth-order valence-electron chi connectivity index (χ4n) is 3.27. The van der Waals surface area contributed by atoms with E-state index >= 15 is 0 Å². The monoisotopic (exact) mass is 331 g/mol. The molecule has 1 saturated heterocycles. The molecule has 3 heterocycles. The third-order valence-corrected chi connectivity index (χ3v) is 4.86. The lowest BCUT2D eigenvalue weighted by Crippen LogP contribution is -2.29. The maximum Gasteiger partial charge on any atom is 0.230 e. The lowest BCUT2D eigenvalue weighted by molar-refractivity contribution is 0.163. The first-order valence-corrected chi connectivity index (χ1v) is 9.10. The van der Waals surface area contributed by atoms with Crippen molar-refractivity contribution in [3.05, 3.63) is 23.5 Å². The first-order chi connectivity index (χ1) is 11.7. The molecule has 2 aromatic heterocycles. The number of hydrogen-bond acceptors (Lipinski definition) is 7. The molecule has 0 radical (unpaired) electrons. The summed E-state index contributed by atoms with van der Waals surface area (Å²) >= 11 is 0. The molecule has 0 spiro atoms. The van der Waals surface area contributed by atoms with E-state index in [1.54, 1.807) is 0 Å². The summed E-state index contributed by atoms with van der Waals surface area (Å²) in [4.78, 5) is 6.99. The van der Waals surface area contributed by atoms with Crippen LogP contribution in [-0.2, 0) is 6.54 Å². The average Bonchev–Trinajstić information content (AvgIpc) is 3.19. The van der Waals surface area contributed by atoms with Crippen LogP contribution >= 0.6 is 0 Å². The lowest BCUT2D eigenvalue weighted by Gasteiger charge is -2.25. The van der Waals surface area contributed by atoms with Crippen LogP contribution in [0.25, 0.3) is 0 Å². The Labute approximate surface area is 141 Å². The Bertz CT molecular complexity index is 676. The Morgan fingerprint density at radius 3 is 2.75 bits per heavy atom. The van der Waals surface area contributed by atoms with Gasteiger partial charge in [-0.15, -0.1) is 10.2 Å². The average molecular weight is 331 g/mol. The number of hydrogen-bond donors (Lipinski definition) is 0. The molecule has 1 saturated carbocycles. The van der Waals surface area contributed by atoms with Crippen LogP contribution in [0.15, 0.2) is 8.94 Å². The van der Waals surface area contributed by atoms with Crippen molar-refractivity contribution >= 4 is 0 Å². The van der Waals surface area contributed by atoms with Gasteiger partial charge in [-0.2, -0.15) is 4.98 Å². The van der Waals surface area contributed by atoms with Gasteiger partial charge in [0.25, 0.3) is 0 Å². The van der Waals surface area contributed by atoms with Gasteiger partial charge in [0.15, 0.2) is 5.82 Å². The van der Waals surface area contributed by atoms with Crippen molar-refractivity contribution in [2.24, 2.45) is 0 Å². The van der Waals surface area contributed by atoms with Gasteiger partial charge in [-0.25, -0.2) is 0 Å². The van der Waals surface area contributed by atoms with Crippen molar-refractivity contribution in [3.8, 4) is 0 Å². The van der Waals surface area contributed by atoms with Gasteiger partial charge in [0.2, 0.25) is 17.7 Å². The molecule has 0 unspecified atom stereocenters. The molecule has 0 amide bonds. The van der Waals surface area contributed by atoms with Gasteiger partial charge in [-0.05, 0) is 32.2 Å². The minimum atomic E-state index is 0.167. The van der Waals surface area contributed by atoms with Gasteiger partial charge >= 0.3 is 0 Å². The van der Waals surface area contributed by atoms with E-state index in [4.69, 9.17) is 8.94 Å². The van der Waals surface area contributed by atoms with Crippen LogP contribution < -0.4 is 0 Å². The van der Waals surface area contributed by atoms with Crippen LogP contribution in [0.3, 0.4) is 0 Å². The summed E-state index contributed by atoms with van der Waals surface area (Å²) in [6.45, 7) is 5.80. The van der Waals surface area contributed by atoms with Crippen LogP contribution in [-0.4, -0.2) is 31.8 Å². The molecule has 130 valence electrons. The van der Waals surface area contributed by atoms with E-state index in [0.717, 1.165) is 24.7 Å². The summed E-state index contributed by atoms with van der Waals surface area (Å²) in [6, 6.07) is 0.167. The summed E-state index contributed by atoms with van der Waals surface area (Å²) in [5.41, 5.74) is 0. The van der Waals surface area contributed by atoms with Gasteiger partial charge in [-0.3, -0.25) is 4.90 Å². The fourth-order valence-corrected chi connectivity index (χ4v) is 3.27. The fraction of sp³-hybridized carbons (Fsp3) is 0.765. The molecule has 7 nitrogen and oxygen atoms in total. The van der Waals surface area contributed by atoms with Crippen molar-refractivity contribution in [1.82, 2.24) is 25.2 Å². The molecule has 4 rings (SSSR count). The van der Waals surface area contributed by atoms with E-state index in [1.165, 1.54) is 32.1 Å². The molecule has 1 aliphatic carbocycles. The summed E-state index contributed by atoms with van der Waals surface area (Å²) < 4.78 is 11.3. The highest BCUT2D eigenvalue weighted by molar-refractivity contribution is 5.02. The topological polar surface area (TPSA) is 81.1 Å². The highest BCUT2D eigenvalue weighted by Crippen LogP contribution is 2.39. The molecule has 0 aromatic carbocycles. The number of rotatable bonds is 5. The minimum Gasteiger partial charge on any atom is -0.424 e. The zero-order valence-electron chi connectivity index (χ0n) is 14.4. The van der Waals surface area contributed by atoms with Gasteiger partial charge in [0.1, 0.15) is 0 Å². The molecule has 2 aliphatic rings. The van der Waals surface area contributed by atoms with Crippen molar-refractivity contribution in [1.29, 1.82) is 0 Å². The second-order valence-electron chi connectivity index (χ2n) is 7.29. The van der Waals surface area contributed by atoms with E-state index in [1.807, 2.05) is 0 Å². The molecule has 0 bridgehead atoms. The maximum atomic E-state index is 5.85. The quantitative estimate of drug-likeness (QED) is 0.828. The van der Waals surface area contributed by atoms with Crippen LogP contribution in [0.2, 0.25) is 0 Å². The third kappa shape index (κ3) is 3.36. The predicted molar refractivity (Wildman–Crippen MR) is 86.3 cm³/mol. The van der Waals surface area contributed by atoms with Crippen molar-refractivity contribution < 1.29 is 8.94 Å². The number of aromatic nitrogens is 4. The lowest BCUT2D eigenvalue weighted by atomic mass is 10.1. The van der Waals surface area contributed by atoms with E-state index in [9.17, 15) is 0 Å². The van der Waals surface area contributed by atoms with Crippen LogP contribution in [0.4, 0.5) is 0 Å². The van der Waals surface area contributed by atoms with E-state index < -0.39 is 0 Å². The Morgan fingerprint density at radius 1 is 1.12 bits per heavy atom. The van der Waals surface area contributed by atoms with Crippen LogP contribution in [0.5, 0.6) is 0 Å². The van der Waals surface area contributed by atoms with Crippen molar-refractivity contribution in [2.75, 3.05) is 6.54 Å². The maximum absolute atomic E-state index is 5.85. The zero-order chi connectivity index (χ0) is 16.5. The Kier molecular flexibility index (Phi) is 4.35. The largest absolute Gasteiger partial charge is 0.424 e. The molecular weight excluding hydrogens is 306 g/mol. The molecule has 24 heavy (non-hydrogen) atoms. The normalized spacial score (nSPS) is 22.9. The SMILES string of the molecule is CC(C)c1nc([C@@H]2CCCCCN2Cc2nnc(C3CC3)o2)no1. The second kappa shape index (κ2) is 6.63. The highest BCUT2D eigenvalue weighted by atomic mass is 16.5. The minimum absolute atomic E-state index is 0.167. The molecular formula is C17H25N5O2. The van der Waals surface area contributed by atoms with Gasteiger partial charge < -0.3 is 8.94 Å². The summed E-state index contributed by atoms with van der Waals surface area (Å²) in [5, 5.41) is 12.7. The van der Waals surface area contributed by atoms with E-state index in [2.05, 4.69) is 39.1 Å². The van der Waals surface area contributed by atoms with Crippen LogP contribution in [0.1, 0.15) is 93.7 Å². The highest BCUT2D eigenvalue weighted by Gasteiger charge is 2.31. The first kappa shape index (κ1) is 15.7. The second-order valence-corrected chi connectivity index (χ2v) is 7.29. The molecule has 0 N–H and O–H groups in total. The Balaban J connectivity index is 1.52.